The van der Waals surface area contributed by atoms with Gasteiger partial charge in [0.1, 0.15) is 12.2 Å². The van der Waals surface area contributed by atoms with E-state index in [4.69, 9.17) is 15.2 Å². The third kappa shape index (κ3) is 3.28. The van der Waals surface area contributed by atoms with Crippen molar-refractivity contribution in [1.29, 1.82) is 0 Å². The normalized spacial score (nSPS) is 10.2. The smallest absolute Gasteiger partial charge is 0.342 e. The zero-order chi connectivity index (χ0) is 15.4. The molecule has 0 aromatic heterocycles. The van der Waals surface area contributed by atoms with Crippen LogP contribution >= 0.6 is 0 Å². The number of ether oxygens (including phenoxy) is 2. The fourth-order valence-electron chi connectivity index (χ4n) is 1.80. The van der Waals surface area contributed by atoms with E-state index in [0.717, 1.165) is 12.1 Å². The summed E-state index contributed by atoms with van der Waals surface area (Å²) >= 11 is 0. The van der Waals surface area contributed by atoms with Crippen LogP contribution in [0.4, 0.5) is 14.5 Å². The van der Waals surface area contributed by atoms with Crippen LogP contribution in [0.3, 0.4) is 0 Å². The lowest BCUT2D eigenvalue weighted by molar-refractivity contribution is 0.0468. The van der Waals surface area contributed by atoms with Gasteiger partial charge in [-0.05, 0) is 29.8 Å². The van der Waals surface area contributed by atoms with Crippen LogP contribution in [0.15, 0.2) is 36.4 Å². The predicted molar refractivity (Wildman–Crippen MR) is 72.9 cm³/mol. The Morgan fingerprint density at radius 3 is 2.62 bits per heavy atom. The summed E-state index contributed by atoms with van der Waals surface area (Å²) in [6.07, 6.45) is 0. The Kier molecular flexibility index (Phi) is 4.37. The number of hydrogen-bond acceptors (Lipinski definition) is 4. The van der Waals surface area contributed by atoms with Gasteiger partial charge in [-0.15, -0.1) is 0 Å². The van der Waals surface area contributed by atoms with Crippen molar-refractivity contribution in [2.75, 3.05) is 12.8 Å². The van der Waals surface area contributed by atoms with Gasteiger partial charge in [0, 0.05) is 0 Å². The van der Waals surface area contributed by atoms with E-state index >= 15 is 0 Å². The van der Waals surface area contributed by atoms with Gasteiger partial charge in [0.15, 0.2) is 17.4 Å². The first-order valence-corrected chi connectivity index (χ1v) is 6.06. The Hall–Kier alpha value is -2.63. The molecular weight excluding hydrogens is 280 g/mol. The van der Waals surface area contributed by atoms with Crippen LogP contribution < -0.4 is 10.5 Å². The first-order valence-electron chi connectivity index (χ1n) is 6.06. The third-order valence-electron chi connectivity index (χ3n) is 2.82. The molecule has 0 bridgehead atoms. The van der Waals surface area contributed by atoms with E-state index in [9.17, 15) is 13.6 Å². The number of halogens is 2. The van der Waals surface area contributed by atoms with Crippen LogP contribution in [0.2, 0.25) is 0 Å². The molecule has 2 aromatic rings. The highest BCUT2D eigenvalue weighted by molar-refractivity contribution is 5.94. The summed E-state index contributed by atoms with van der Waals surface area (Å²) in [6, 6.07) is 7.96. The van der Waals surface area contributed by atoms with Crippen molar-refractivity contribution in [3.63, 3.8) is 0 Å². The Labute approximate surface area is 120 Å². The minimum atomic E-state index is -0.995. The standard InChI is InChI=1S/C15H13F2NO3/c1-20-14-10(3-2-4-13(14)18)15(19)21-8-9-5-6-11(16)12(17)7-9/h2-7H,8,18H2,1H3. The van der Waals surface area contributed by atoms with E-state index in [-0.39, 0.29) is 17.9 Å². The molecule has 2 rings (SSSR count). The minimum Gasteiger partial charge on any atom is -0.494 e. The molecule has 0 fully saturated rings. The summed E-state index contributed by atoms with van der Waals surface area (Å²) in [5.41, 5.74) is 6.50. The number of nitrogens with two attached hydrogens (primary N) is 1. The van der Waals surface area contributed by atoms with Crippen LogP contribution in [0.25, 0.3) is 0 Å². The molecule has 2 N–H and O–H groups in total. The number of esters is 1. The van der Waals surface area contributed by atoms with Crippen LogP contribution in [-0.4, -0.2) is 13.1 Å². The average Bonchev–Trinajstić information content (AvgIpc) is 2.48. The highest BCUT2D eigenvalue weighted by atomic mass is 19.2. The van der Waals surface area contributed by atoms with Crippen molar-refractivity contribution in [3.05, 3.63) is 59.2 Å². The first kappa shape index (κ1) is 14.8. The predicted octanol–water partition coefficient (Wildman–Crippen LogP) is 2.91. The second-order valence-electron chi connectivity index (χ2n) is 4.25. The number of carbonyl (C=O) groups is 1. The molecule has 2 aromatic carbocycles. The van der Waals surface area contributed by atoms with Crippen LogP contribution in [-0.2, 0) is 11.3 Å². The van der Waals surface area contributed by atoms with Crippen molar-refractivity contribution in [2.24, 2.45) is 0 Å². The number of rotatable bonds is 4. The Morgan fingerprint density at radius 2 is 1.95 bits per heavy atom. The van der Waals surface area contributed by atoms with Crippen molar-refractivity contribution < 1.29 is 23.0 Å². The summed E-state index contributed by atoms with van der Waals surface area (Å²) in [7, 11) is 1.39. The number of methoxy groups -OCH3 is 1. The number of benzene rings is 2. The maximum absolute atomic E-state index is 13.0. The molecule has 0 aliphatic carbocycles. The molecule has 0 aliphatic heterocycles. The quantitative estimate of drug-likeness (QED) is 0.695. The molecule has 6 heteroatoms. The van der Waals surface area contributed by atoms with Crippen molar-refractivity contribution in [3.8, 4) is 5.75 Å². The van der Waals surface area contributed by atoms with Crippen LogP contribution in [0.5, 0.6) is 5.75 Å². The molecule has 0 radical (unpaired) electrons. The molecule has 0 heterocycles. The Bertz CT molecular complexity index is 674. The van der Waals surface area contributed by atoms with Crippen LogP contribution in [0.1, 0.15) is 15.9 Å². The Balaban J connectivity index is 2.12. The average molecular weight is 293 g/mol. The van der Waals surface area contributed by atoms with E-state index in [1.54, 1.807) is 12.1 Å². The largest absolute Gasteiger partial charge is 0.494 e. The molecule has 0 unspecified atom stereocenters. The lowest BCUT2D eigenvalue weighted by Gasteiger charge is -2.10. The van der Waals surface area contributed by atoms with Crippen molar-refractivity contribution >= 4 is 11.7 Å². The van der Waals surface area contributed by atoms with Gasteiger partial charge in [0.2, 0.25) is 0 Å². The van der Waals surface area contributed by atoms with Crippen LogP contribution in [0, 0.1) is 11.6 Å². The highest BCUT2D eigenvalue weighted by Crippen LogP contribution is 2.26. The van der Waals surface area contributed by atoms with Gasteiger partial charge < -0.3 is 15.2 Å². The fourth-order valence-corrected chi connectivity index (χ4v) is 1.80. The summed E-state index contributed by atoms with van der Waals surface area (Å²) < 4.78 is 35.9. The van der Waals surface area contributed by atoms with E-state index in [1.807, 2.05) is 0 Å². The molecule has 0 atom stereocenters. The summed E-state index contributed by atoms with van der Waals surface area (Å²) in [5, 5.41) is 0. The summed E-state index contributed by atoms with van der Waals surface area (Å²) in [6.45, 7) is -0.187. The minimum absolute atomic E-state index is 0.167. The number of carbonyl (C=O) groups excluding carboxylic acids is 1. The number of anilines is 1. The SMILES string of the molecule is COc1c(N)cccc1C(=O)OCc1ccc(F)c(F)c1. The van der Waals surface area contributed by atoms with E-state index in [2.05, 4.69) is 0 Å². The zero-order valence-electron chi connectivity index (χ0n) is 11.2. The Morgan fingerprint density at radius 1 is 1.19 bits per heavy atom. The van der Waals surface area contributed by atoms with Crippen molar-refractivity contribution in [1.82, 2.24) is 0 Å². The molecule has 110 valence electrons. The molecule has 0 saturated carbocycles. The van der Waals surface area contributed by atoms with Gasteiger partial charge in [-0.2, -0.15) is 0 Å². The highest BCUT2D eigenvalue weighted by Gasteiger charge is 2.16. The maximum atomic E-state index is 13.0. The molecule has 4 nitrogen and oxygen atoms in total. The number of nitrogen functional groups attached to an aromatic ring is 1. The van der Waals surface area contributed by atoms with Gasteiger partial charge in [0.05, 0.1) is 12.8 Å². The lowest BCUT2D eigenvalue weighted by Crippen LogP contribution is -2.08. The second-order valence-corrected chi connectivity index (χ2v) is 4.25. The zero-order valence-corrected chi connectivity index (χ0v) is 11.2. The van der Waals surface area contributed by atoms with Gasteiger partial charge >= 0.3 is 5.97 Å². The lowest BCUT2D eigenvalue weighted by atomic mass is 10.1. The fraction of sp³-hybridized carbons (Fsp3) is 0.133. The summed E-state index contributed by atoms with van der Waals surface area (Å²) in [5.74, 6) is -2.40. The first-order chi connectivity index (χ1) is 10.0. The maximum Gasteiger partial charge on any atom is 0.342 e. The molecule has 0 aliphatic rings. The summed E-state index contributed by atoms with van der Waals surface area (Å²) in [4.78, 5) is 12.0. The molecule has 0 saturated heterocycles. The molecular formula is C15H13F2NO3. The van der Waals surface area contributed by atoms with Gasteiger partial charge in [0.25, 0.3) is 0 Å². The van der Waals surface area contributed by atoms with E-state index in [0.29, 0.717) is 11.3 Å². The third-order valence-corrected chi connectivity index (χ3v) is 2.82. The monoisotopic (exact) mass is 293 g/mol. The van der Waals surface area contributed by atoms with Gasteiger partial charge in [-0.3, -0.25) is 0 Å². The molecule has 21 heavy (non-hydrogen) atoms. The topological polar surface area (TPSA) is 61.5 Å². The van der Waals surface area contributed by atoms with Gasteiger partial charge in [-0.25, -0.2) is 13.6 Å². The number of hydrogen-bond donors (Lipinski definition) is 1. The van der Waals surface area contributed by atoms with Crippen molar-refractivity contribution in [2.45, 2.75) is 6.61 Å². The van der Waals surface area contributed by atoms with Gasteiger partial charge in [-0.1, -0.05) is 12.1 Å². The van der Waals surface area contributed by atoms with E-state index < -0.39 is 17.6 Å². The molecule has 0 amide bonds. The van der Waals surface area contributed by atoms with E-state index in [1.165, 1.54) is 19.2 Å². The molecule has 0 spiro atoms. The number of para-hydroxylation sites is 1. The second kappa shape index (κ2) is 6.21.